The number of hydrogen-bond acceptors (Lipinski definition) is 6. The number of nitro groups is 1. The second-order valence-corrected chi connectivity index (χ2v) is 6.87. The van der Waals surface area contributed by atoms with Gasteiger partial charge >= 0.3 is 22.9 Å². The quantitative estimate of drug-likeness (QED) is 0.180. The highest BCUT2D eigenvalue weighted by Crippen LogP contribution is 2.20. The monoisotopic (exact) mass is 505 g/mol. The van der Waals surface area contributed by atoms with Crippen molar-refractivity contribution >= 4 is 46.4 Å². The number of esters is 1. The lowest BCUT2D eigenvalue weighted by Gasteiger charge is -2.06. The van der Waals surface area contributed by atoms with Gasteiger partial charge in [-0.15, -0.1) is 0 Å². The minimum Gasteiger partial charge on any atom is -0.423 e. The van der Waals surface area contributed by atoms with E-state index in [-0.39, 0.29) is 11.4 Å². The Morgan fingerprint density at radius 1 is 1.07 bits per heavy atom. The van der Waals surface area contributed by atoms with Crippen LogP contribution in [-0.4, -0.2) is 20.9 Å². The number of aromatic nitrogens is 2. The van der Waals surface area contributed by atoms with Crippen LogP contribution in [0.15, 0.2) is 58.1 Å². The molecule has 0 aliphatic carbocycles. The van der Waals surface area contributed by atoms with Crippen molar-refractivity contribution in [3.8, 4) is 5.75 Å². The Bertz CT molecular complexity index is 1240. The fourth-order valence-electron chi connectivity index (χ4n) is 2.45. The summed E-state index contributed by atoms with van der Waals surface area (Å²) in [6.07, 6.45) is 2.68. The normalized spacial score (nSPS) is 10.8. The second-order valence-electron chi connectivity index (χ2n) is 5.70. The first-order valence-electron chi connectivity index (χ1n) is 8.11. The standard InChI is InChI=1S/C19H12IN3O6/c20-14-7-2-1-6-13(14)18(25)29-12-5-3-4-11(10-12)8-9-15-16(23(27)28)17(24)22-19(26)21-15/h1-10H,(H2,21,22,24,26)/b9-8+. The van der Waals surface area contributed by atoms with Gasteiger partial charge in [-0.2, -0.15) is 0 Å². The fourth-order valence-corrected chi connectivity index (χ4v) is 3.06. The smallest absolute Gasteiger partial charge is 0.357 e. The summed E-state index contributed by atoms with van der Waals surface area (Å²) in [5.74, 6) is -0.253. The van der Waals surface area contributed by atoms with Crippen molar-refractivity contribution in [2.75, 3.05) is 0 Å². The first kappa shape index (κ1) is 20.2. The van der Waals surface area contributed by atoms with Crippen LogP contribution < -0.4 is 16.0 Å². The van der Waals surface area contributed by atoms with E-state index in [1.54, 1.807) is 42.5 Å². The number of hydrogen-bond donors (Lipinski definition) is 2. The molecule has 0 aliphatic rings. The second kappa shape index (κ2) is 8.65. The molecule has 146 valence electrons. The third-order valence-electron chi connectivity index (χ3n) is 3.73. The molecule has 0 radical (unpaired) electrons. The zero-order chi connectivity index (χ0) is 21.0. The Balaban J connectivity index is 1.87. The average Bonchev–Trinajstić information content (AvgIpc) is 2.66. The van der Waals surface area contributed by atoms with Crippen molar-refractivity contribution < 1.29 is 14.5 Å². The van der Waals surface area contributed by atoms with E-state index in [0.717, 1.165) is 3.57 Å². The number of carbonyl (C=O) groups excluding carboxylic acids is 1. The molecular formula is C19H12IN3O6. The van der Waals surface area contributed by atoms with Crippen molar-refractivity contribution in [3.05, 3.63) is 99.9 Å². The Hall–Kier alpha value is -3.54. The summed E-state index contributed by atoms with van der Waals surface area (Å²) in [5, 5.41) is 11.1. The van der Waals surface area contributed by atoms with E-state index >= 15 is 0 Å². The summed E-state index contributed by atoms with van der Waals surface area (Å²) in [5.41, 5.74) is -2.02. The van der Waals surface area contributed by atoms with E-state index in [1.807, 2.05) is 33.6 Å². The predicted molar refractivity (Wildman–Crippen MR) is 114 cm³/mol. The Kier molecular flexibility index (Phi) is 6.02. The molecule has 1 aromatic heterocycles. The van der Waals surface area contributed by atoms with Gasteiger partial charge in [0, 0.05) is 3.57 Å². The van der Waals surface area contributed by atoms with E-state index < -0.39 is 27.8 Å². The van der Waals surface area contributed by atoms with E-state index in [4.69, 9.17) is 4.74 Å². The first-order valence-corrected chi connectivity index (χ1v) is 9.19. The molecule has 3 aromatic rings. The van der Waals surface area contributed by atoms with Crippen LogP contribution in [0.1, 0.15) is 21.6 Å². The molecule has 0 saturated carbocycles. The molecule has 10 heteroatoms. The van der Waals surface area contributed by atoms with Crippen LogP contribution >= 0.6 is 22.6 Å². The topological polar surface area (TPSA) is 135 Å². The van der Waals surface area contributed by atoms with Gasteiger partial charge in [-0.05, 0) is 58.5 Å². The third-order valence-corrected chi connectivity index (χ3v) is 4.67. The summed E-state index contributed by atoms with van der Waals surface area (Å²) >= 11 is 2.03. The molecule has 0 amide bonds. The number of halogens is 1. The van der Waals surface area contributed by atoms with Gasteiger partial charge in [0.15, 0.2) is 0 Å². The van der Waals surface area contributed by atoms with Crippen LogP contribution in [0.25, 0.3) is 12.2 Å². The molecule has 0 saturated heterocycles. The Labute approximate surface area is 176 Å². The van der Waals surface area contributed by atoms with Crippen LogP contribution in [0.4, 0.5) is 5.69 Å². The molecule has 0 spiro atoms. The molecule has 9 nitrogen and oxygen atoms in total. The van der Waals surface area contributed by atoms with Crippen LogP contribution in [0.3, 0.4) is 0 Å². The number of nitrogens with zero attached hydrogens (tertiary/aromatic N) is 1. The summed E-state index contributed by atoms with van der Waals surface area (Å²) in [6, 6.07) is 13.4. The van der Waals surface area contributed by atoms with Gasteiger partial charge in [-0.1, -0.05) is 30.3 Å². The average molecular weight is 505 g/mol. The maximum Gasteiger partial charge on any atom is 0.357 e. The highest BCUT2D eigenvalue weighted by Gasteiger charge is 2.18. The minimum absolute atomic E-state index is 0.245. The molecule has 0 atom stereocenters. The van der Waals surface area contributed by atoms with Gasteiger partial charge in [0.1, 0.15) is 11.4 Å². The largest absolute Gasteiger partial charge is 0.423 e. The molecule has 2 aromatic carbocycles. The summed E-state index contributed by atoms with van der Waals surface area (Å²) in [6.45, 7) is 0. The summed E-state index contributed by atoms with van der Waals surface area (Å²) in [7, 11) is 0. The van der Waals surface area contributed by atoms with Gasteiger partial charge in [0.25, 0.3) is 0 Å². The summed E-state index contributed by atoms with van der Waals surface area (Å²) in [4.78, 5) is 49.6. The van der Waals surface area contributed by atoms with Crippen molar-refractivity contribution in [3.63, 3.8) is 0 Å². The van der Waals surface area contributed by atoms with Crippen LogP contribution in [-0.2, 0) is 0 Å². The SMILES string of the molecule is O=C(Oc1cccc(/C=C/c2[nH]c(=O)[nH]c(=O)c2[N+](=O)[O-])c1)c1ccccc1I. The highest BCUT2D eigenvalue weighted by atomic mass is 127. The van der Waals surface area contributed by atoms with E-state index in [9.17, 15) is 24.5 Å². The van der Waals surface area contributed by atoms with Crippen LogP contribution in [0, 0.1) is 13.7 Å². The highest BCUT2D eigenvalue weighted by molar-refractivity contribution is 14.1. The molecule has 0 fully saturated rings. The number of H-pyrrole nitrogens is 2. The van der Waals surface area contributed by atoms with Crippen molar-refractivity contribution in [1.82, 2.24) is 9.97 Å². The molecule has 0 unspecified atom stereocenters. The predicted octanol–water partition coefficient (Wildman–Crippen LogP) is 2.97. The molecule has 0 bridgehead atoms. The minimum atomic E-state index is -1.10. The van der Waals surface area contributed by atoms with Crippen molar-refractivity contribution in [1.29, 1.82) is 0 Å². The molecule has 3 rings (SSSR count). The zero-order valence-corrected chi connectivity index (χ0v) is 16.7. The molecule has 29 heavy (non-hydrogen) atoms. The maximum absolute atomic E-state index is 12.3. The molecular weight excluding hydrogens is 493 g/mol. The number of nitrogens with one attached hydrogen (secondary N) is 2. The van der Waals surface area contributed by atoms with Crippen molar-refractivity contribution in [2.24, 2.45) is 0 Å². The molecule has 0 aliphatic heterocycles. The number of aromatic amines is 2. The molecule has 2 N–H and O–H groups in total. The number of benzene rings is 2. The van der Waals surface area contributed by atoms with Gasteiger partial charge in [-0.3, -0.25) is 19.9 Å². The van der Waals surface area contributed by atoms with Crippen LogP contribution in [0.5, 0.6) is 5.75 Å². The lowest BCUT2D eigenvalue weighted by molar-refractivity contribution is -0.386. The lowest BCUT2D eigenvalue weighted by atomic mass is 10.2. The van der Waals surface area contributed by atoms with E-state index in [1.165, 1.54) is 12.2 Å². The number of ether oxygens (including phenoxy) is 1. The van der Waals surface area contributed by atoms with Crippen LogP contribution in [0.2, 0.25) is 0 Å². The van der Waals surface area contributed by atoms with E-state index in [0.29, 0.717) is 11.1 Å². The maximum atomic E-state index is 12.3. The van der Waals surface area contributed by atoms with Gasteiger partial charge in [0.05, 0.1) is 10.5 Å². The zero-order valence-electron chi connectivity index (χ0n) is 14.5. The molecule has 1 heterocycles. The van der Waals surface area contributed by atoms with Gasteiger partial charge < -0.3 is 9.72 Å². The first-order chi connectivity index (χ1) is 13.8. The Morgan fingerprint density at radius 3 is 2.55 bits per heavy atom. The third kappa shape index (κ3) is 4.85. The van der Waals surface area contributed by atoms with Crippen molar-refractivity contribution in [2.45, 2.75) is 0 Å². The Morgan fingerprint density at radius 2 is 1.83 bits per heavy atom. The summed E-state index contributed by atoms with van der Waals surface area (Å²) < 4.78 is 6.12. The lowest BCUT2D eigenvalue weighted by Crippen LogP contribution is -2.25. The van der Waals surface area contributed by atoms with E-state index in [2.05, 4.69) is 4.98 Å². The van der Waals surface area contributed by atoms with Gasteiger partial charge in [0.2, 0.25) is 0 Å². The number of carbonyl (C=O) groups is 1. The fraction of sp³-hybridized carbons (Fsp3) is 0. The van der Waals surface area contributed by atoms with Gasteiger partial charge in [-0.25, -0.2) is 9.59 Å². The number of rotatable bonds is 5.